The first-order valence-electron chi connectivity index (χ1n) is 24.3. The molecule has 7 aromatic rings. The van der Waals surface area contributed by atoms with Crippen LogP contribution in [0.25, 0.3) is 0 Å². The second-order valence-electron chi connectivity index (χ2n) is 19.3. The number of hydrogen-bond donors (Lipinski definition) is 4. The number of thiophene rings is 1. The van der Waals surface area contributed by atoms with Crippen LogP contribution in [0, 0.1) is 51.4 Å². The molecule has 0 radical (unpaired) electrons. The van der Waals surface area contributed by atoms with Crippen LogP contribution in [0.3, 0.4) is 0 Å². The summed E-state index contributed by atoms with van der Waals surface area (Å²) in [6, 6.07) is 21.7. The van der Waals surface area contributed by atoms with Gasteiger partial charge in [0.2, 0.25) is 0 Å². The van der Waals surface area contributed by atoms with Gasteiger partial charge in [0.1, 0.15) is 22.8 Å². The van der Waals surface area contributed by atoms with Crippen molar-refractivity contribution in [2.45, 2.75) is 107 Å². The van der Waals surface area contributed by atoms with Gasteiger partial charge in [-0.15, -0.1) is 11.3 Å². The third kappa shape index (κ3) is 12.6. The summed E-state index contributed by atoms with van der Waals surface area (Å²) in [6.45, 7) is 24.1. The predicted molar refractivity (Wildman–Crippen MR) is 293 cm³/mol. The summed E-state index contributed by atoms with van der Waals surface area (Å²) in [7, 11) is 0. The Morgan fingerprint density at radius 1 is 0.411 bits per heavy atom. The Hall–Kier alpha value is -8.26. The highest BCUT2D eigenvalue weighted by molar-refractivity contribution is 7.13. The van der Waals surface area contributed by atoms with Gasteiger partial charge in [-0.25, -0.2) is 9.97 Å². The molecular weight excluding hydrogens is 929 g/mol. The molecule has 0 spiro atoms. The van der Waals surface area contributed by atoms with Crippen LogP contribution < -0.4 is 21.3 Å². The average molecular weight is 989 g/mol. The molecule has 0 saturated carbocycles. The van der Waals surface area contributed by atoms with Gasteiger partial charge in [0.05, 0.1) is 9.75 Å². The van der Waals surface area contributed by atoms with E-state index in [1.54, 1.807) is 61.2 Å². The molecule has 5 aromatic heterocycles. The van der Waals surface area contributed by atoms with Crippen LogP contribution >= 0.6 is 11.3 Å². The maximum absolute atomic E-state index is 13.8. The number of aryl methyl sites for hydroxylation is 4. The van der Waals surface area contributed by atoms with E-state index < -0.39 is 23.6 Å². The normalized spacial score (nSPS) is 11.0. The number of carbonyl (C=O) groups excluding carboxylic acids is 4. The largest absolute Gasteiger partial charge is 0.320 e. The van der Waals surface area contributed by atoms with E-state index in [-0.39, 0.29) is 46.4 Å². The van der Waals surface area contributed by atoms with Gasteiger partial charge in [-0.1, -0.05) is 91.2 Å². The van der Waals surface area contributed by atoms with Gasteiger partial charge >= 0.3 is 0 Å². The van der Waals surface area contributed by atoms with Crippen LogP contribution in [0.15, 0.2) is 97.6 Å². The van der Waals surface area contributed by atoms with Crippen LogP contribution in [-0.2, 0) is 0 Å². The van der Waals surface area contributed by atoms with Crippen molar-refractivity contribution in [3.63, 3.8) is 0 Å². The van der Waals surface area contributed by atoms with Crippen molar-refractivity contribution in [1.29, 1.82) is 0 Å². The van der Waals surface area contributed by atoms with Crippen LogP contribution in [0.2, 0.25) is 0 Å². The fraction of sp³-hybridized carbons (Fsp3) is 0.267. The highest BCUT2D eigenvalue weighted by atomic mass is 32.1. The first-order chi connectivity index (χ1) is 34.8. The van der Waals surface area contributed by atoms with E-state index >= 15 is 0 Å². The van der Waals surface area contributed by atoms with Crippen LogP contribution in [0.1, 0.15) is 186 Å². The molecule has 5 heterocycles. The van der Waals surface area contributed by atoms with Gasteiger partial charge < -0.3 is 21.3 Å². The summed E-state index contributed by atoms with van der Waals surface area (Å²) in [4.78, 5) is 73.2. The van der Waals surface area contributed by atoms with E-state index in [0.29, 0.717) is 22.7 Å². The average Bonchev–Trinajstić information content (AvgIpc) is 3.82. The van der Waals surface area contributed by atoms with Crippen molar-refractivity contribution in [3.05, 3.63) is 186 Å². The minimum atomic E-state index is -0.421. The molecule has 0 saturated heterocycles. The second-order valence-corrected chi connectivity index (χ2v) is 20.4. The summed E-state index contributed by atoms with van der Waals surface area (Å²) in [5.41, 5.74) is 11.9. The lowest BCUT2D eigenvalue weighted by atomic mass is 9.90. The zero-order chi connectivity index (χ0) is 52.7. The number of nitrogens with one attached hydrogen (secondary N) is 4. The van der Waals surface area contributed by atoms with Gasteiger partial charge in [0, 0.05) is 58.7 Å². The fourth-order valence-electron chi connectivity index (χ4n) is 8.25. The van der Waals surface area contributed by atoms with Crippen molar-refractivity contribution in [3.8, 4) is 23.7 Å². The van der Waals surface area contributed by atoms with E-state index in [2.05, 4.69) is 120 Å². The number of anilines is 4. The molecule has 0 fully saturated rings. The lowest BCUT2D eigenvalue weighted by molar-refractivity contribution is 0.0998. The lowest BCUT2D eigenvalue weighted by Gasteiger charge is -2.21. The summed E-state index contributed by atoms with van der Waals surface area (Å²) in [6.07, 6.45) is 6.73. The van der Waals surface area contributed by atoms with Gasteiger partial charge in [0.25, 0.3) is 23.6 Å². The molecule has 0 bridgehead atoms. The molecule has 13 heteroatoms. The number of benzene rings is 2. The smallest absolute Gasteiger partial charge is 0.274 e. The number of aromatic nitrogens is 4. The maximum atomic E-state index is 13.8. The van der Waals surface area contributed by atoms with Gasteiger partial charge in [-0.3, -0.25) is 29.1 Å². The monoisotopic (exact) mass is 988 g/mol. The third-order valence-electron chi connectivity index (χ3n) is 12.2. The van der Waals surface area contributed by atoms with E-state index in [0.717, 1.165) is 65.4 Å². The minimum Gasteiger partial charge on any atom is -0.320 e. The number of carbonyl (C=O) groups is 4. The molecule has 4 N–H and O–H groups in total. The quantitative estimate of drug-likeness (QED) is 0.0878. The molecule has 4 amide bonds. The molecule has 0 aliphatic rings. The van der Waals surface area contributed by atoms with E-state index in [4.69, 9.17) is 0 Å². The summed E-state index contributed by atoms with van der Waals surface area (Å²) in [5, 5.41) is 12.1. The number of nitrogens with zero attached hydrogens (tertiary/aromatic N) is 4. The van der Waals surface area contributed by atoms with Crippen molar-refractivity contribution >= 4 is 57.7 Å². The first-order valence-corrected chi connectivity index (χ1v) is 25.1. The Labute approximate surface area is 432 Å². The Morgan fingerprint density at radius 3 is 0.959 bits per heavy atom. The van der Waals surface area contributed by atoms with Crippen LogP contribution in [0.4, 0.5) is 22.7 Å². The van der Waals surface area contributed by atoms with Gasteiger partial charge in [0.15, 0.2) is 0 Å². The number of amides is 4. The Balaban J connectivity index is 1.08. The second kappa shape index (κ2) is 22.9. The van der Waals surface area contributed by atoms with Crippen molar-refractivity contribution in [1.82, 2.24) is 19.9 Å². The minimum absolute atomic E-state index is 0.0503. The standard InChI is InChI=1S/C60H60N8O4S/c1-33(2)45-25-41(26-46(34(3)4)55(45)67-59(71)51-17-13-15-49(63-51)57(69)65-53-37(9)29-61-30-38(53)10)19-21-43-23-24-44(73-43)22-20-42-27-47(35(5)6)56(48(28-42)36(7)8)68-60(72)52-18-14-16-50(64-52)58(70)66-54-39(11)31-62-32-40(54)12/h13-18,23-36H,1-12H3,(H,67,71)(H,68,72)(H,61,65,69)(H,62,66,70). The molecule has 370 valence electrons. The number of rotatable bonds is 12. The SMILES string of the molecule is Cc1cncc(C)c1NC(=O)c1cccc(C(=O)Nc2c(C(C)C)cc(C#Cc3ccc(C#Cc4cc(C(C)C)c(NC(=O)c5cccc(C(=O)Nc6c(C)cncc6C)n5)c(C(C)C)c4)s3)cc2C(C)C)n1. The molecule has 0 aliphatic carbocycles. The summed E-state index contributed by atoms with van der Waals surface area (Å²) >= 11 is 1.50. The Kier molecular flexibility index (Phi) is 16.5. The van der Waals surface area contributed by atoms with Crippen molar-refractivity contribution in [2.75, 3.05) is 21.3 Å². The van der Waals surface area contributed by atoms with Crippen molar-refractivity contribution in [2.24, 2.45) is 0 Å². The fourth-order valence-corrected chi connectivity index (χ4v) is 8.96. The molecule has 0 aliphatic heterocycles. The van der Waals surface area contributed by atoms with Gasteiger partial charge in [-0.05, 0) is 157 Å². The predicted octanol–water partition coefficient (Wildman–Crippen LogP) is 12.9. The molecule has 0 atom stereocenters. The number of pyridine rings is 4. The van der Waals surface area contributed by atoms with Crippen LogP contribution in [0.5, 0.6) is 0 Å². The van der Waals surface area contributed by atoms with Crippen molar-refractivity contribution < 1.29 is 19.2 Å². The zero-order valence-electron chi connectivity index (χ0n) is 43.4. The van der Waals surface area contributed by atoms with E-state index in [1.807, 2.05) is 64.1 Å². The van der Waals surface area contributed by atoms with E-state index in [1.165, 1.54) is 11.3 Å². The molecule has 73 heavy (non-hydrogen) atoms. The molecule has 7 rings (SSSR count). The topological polar surface area (TPSA) is 168 Å². The Morgan fingerprint density at radius 2 is 0.685 bits per heavy atom. The highest BCUT2D eigenvalue weighted by Gasteiger charge is 2.23. The molecule has 2 aromatic carbocycles. The summed E-state index contributed by atoms with van der Waals surface area (Å²) < 4.78 is 0. The Bertz CT molecular complexity index is 3100. The van der Waals surface area contributed by atoms with Crippen LogP contribution in [-0.4, -0.2) is 43.6 Å². The highest BCUT2D eigenvalue weighted by Crippen LogP contribution is 2.36. The summed E-state index contributed by atoms with van der Waals surface area (Å²) in [5.74, 6) is 11.9. The van der Waals surface area contributed by atoms with Gasteiger partial charge in [-0.2, -0.15) is 0 Å². The molecule has 0 unspecified atom stereocenters. The molecule has 12 nitrogen and oxygen atoms in total. The first kappa shape index (κ1) is 52.6. The zero-order valence-corrected chi connectivity index (χ0v) is 44.2. The maximum Gasteiger partial charge on any atom is 0.274 e. The molecular formula is C60H60N8O4S. The number of hydrogen-bond acceptors (Lipinski definition) is 9. The lowest BCUT2D eigenvalue weighted by Crippen LogP contribution is -2.20. The third-order valence-corrected chi connectivity index (χ3v) is 13.1. The van der Waals surface area contributed by atoms with E-state index in [9.17, 15) is 19.2 Å².